The highest BCUT2D eigenvalue weighted by atomic mass is 16.5. The summed E-state index contributed by atoms with van der Waals surface area (Å²) in [4.78, 5) is 0. The normalized spacial score (nSPS) is 24.5. The number of nitrogens with zero attached hydrogens (tertiary/aromatic N) is 1. The molecule has 0 amide bonds. The van der Waals surface area contributed by atoms with Gasteiger partial charge in [-0.15, -0.1) is 0 Å². The van der Waals surface area contributed by atoms with Crippen molar-refractivity contribution in [2.45, 2.75) is 20.0 Å². The smallest absolute Gasteiger partial charge is 0.224 e. The summed E-state index contributed by atoms with van der Waals surface area (Å²) in [6.07, 6.45) is -0.0952. The van der Waals surface area contributed by atoms with Gasteiger partial charge in [0.2, 0.25) is 5.90 Å². The number of ether oxygens (including phenoxy) is 1. The van der Waals surface area contributed by atoms with E-state index in [1.54, 1.807) is 0 Å². The third-order valence-corrected chi connectivity index (χ3v) is 1.64. The molecule has 1 aliphatic rings. The van der Waals surface area contributed by atoms with Crippen molar-refractivity contribution in [3.8, 4) is 6.07 Å². The second-order valence-electron chi connectivity index (χ2n) is 2.26. The molecule has 1 atom stereocenters. The van der Waals surface area contributed by atoms with E-state index in [-0.39, 0.29) is 12.0 Å². The Bertz CT molecular complexity index is 247. The highest BCUT2D eigenvalue weighted by Gasteiger charge is 2.24. The summed E-state index contributed by atoms with van der Waals surface area (Å²) in [7, 11) is 0. The molecule has 0 aromatic rings. The number of rotatable bonds is 0. The number of hydrogen-bond acceptors (Lipinski definition) is 3. The van der Waals surface area contributed by atoms with E-state index in [4.69, 9.17) is 15.4 Å². The topological polar surface area (TPSA) is 56.9 Å². The Morgan fingerprint density at radius 3 is 2.50 bits per heavy atom. The molecule has 10 heavy (non-hydrogen) atoms. The monoisotopic (exact) mass is 136 g/mol. The summed E-state index contributed by atoms with van der Waals surface area (Å²) in [6, 6.07) is 1.92. The van der Waals surface area contributed by atoms with E-state index in [9.17, 15) is 0 Å². The molecule has 1 unspecified atom stereocenters. The molecule has 1 heterocycles. The van der Waals surface area contributed by atoms with Crippen LogP contribution < -0.4 is 0 Å². The molecule has 1 aliphatic heterocycles. The fraction of sp³-hybridized carbons (Fsp3) is 0.429. The van der Waals surface area contributed by atoms with Gasteiger partial charge in [-0.25, -0.2) is 0 Å². The Hall–Kier alpha value is -1.30. The van der Waals surface area contributed by atoms with Gasteiger partial charge in [0, 0.05) is 0 Å². The Labute approximate surface area is 59.4 Å². The average molecular weight is 136 g/mol. The zero-order valence-corrected chi connectivity index (χ0v) is 5.93. The molecule has 1 rings (SSSR count). The quantitative estimate of drug-likeness (QED) is 0.544. The maximum absolute atomic E-state index is 8.50. The maximum Gasteiger partial charge on any atom is 0.224 e. The lowest BCUT2D eigenvalue weighted by Gasteiger charge is -2.01. The van der Waals surface area contributed by atoms with E-state index in [2.05, 4.69) is 0 Å². The highest BCUT2D eigenvalue weighted by molar-refractivity contribution is 5.98. The van der Waals surface area contributed by atoms with E-state index in [0.29, 0.717) is 5.57 Å². The summed E-state index contributed by atoms with van der Waals surface area (Å²) in [5.74, 6) is 0.00694. The van der Waals surface area contributed by atoms with Crippen molar-refractivity contribution in [3.05, 3.63) is 11.1 Å². The van der Waals surface area contributed by atoms with E-state index in [0.717, 1.165) is 5.57 Å². The minimum atomic E-state index is -0.0952. The first-order valence-electron chi connectivity index (χ1n) is 3.03. The average Bonchev–Trinajstić information content (AvgIpc) is 2.09. The molecule has 1 N–H and O–H groups in total. The lowest BCUT2D eigenvalue weighted by molar-refractivity contribution is 0.259. The molecule has 0 saturated heterocycles. The van der Waals surface area contributed by atoms with Crippen LogP contribution in [0.4, 0.5) is 0 Å². The van der Waals surface area contributed by atoms with Crippen LogP contribution in [-0.4, -0.2) is 12.0 Å². The number of hydrogen-bond donors (Lipinski definition) is 1. The third-order valence-electron chi connectivity index (χ3n) is 1.64. The molecular formula is C7H8N2O. The van der Waals surface area contributed by atoms with E-state index in [1.165, 1.54) is 0 Å². The predicted molar refractivity (Wildman–Crippen MR) is 36.6 cm³/mol. The van der Waals surface area contributed by atoms with Crippen LogP contribution >= 0.6 is 0 Å². The van der Waals surface area contributed by atoms with Gasteiger partial charge in [-0.1, -0.05) is 0 Å². The van der Waals surface area contributed by atoms with Crippen molar-refractivity contribution in [1.82, 2.24) is 0 Å². The van der Waals surface area contributed by atoms with Crippen LogP contribution in [0.15, 0.2) is 11.1 Å². The molecule has 0 radical (unpaired) electrons. The van der Waals surface area contributed by atoms with Crippen molar-refractivity contribution < 1.29 is 4.74 Å². The summed E-state index contributed by atoms with van der Waals surface area (Å²) >= 11 is 0. The van der Waals surface area contributed by atoms with E-state index in [1.807, 2.05) is 19.9 Å². The fourth-order valence-electron chi connectivity index (χ4n) is 0.845. The third kappa shape index (κ3) is 0.781. The Balaban J connectivity index is 3.05. The Morgan fingerprint density at radius 2 is 2.30 bits per heavy atom. The summed E-state index contributed by atoms with van der Waals surface area (Å²) in [5.41, 5.74) is 1.24. The highest BCUT2D eigenvalue weighted by Crippen LogP contribution is 2.20. The number of nitrogens with one attached hydrogen (secondary N) is 1. The molecule has 0 spiro atoms. The van der Waals surface area contributed by atoms with Crippen molar-refractivity contribution in [1.29, 1.82) is 10.7 Å². The first kappa shape index (κ1) is 6.81. The fourth-order valence-corrected chi connectivity index (χ4v) is 0.845. The molecule has 0 fully saturated rings. The SMILES string of the molecule is CC1=C(C#N)C(=N)OC1C. The molecule has 0 aliphatic carbocycles. The van der Waals surface area contributed by atoms with Crippen LogP contribution in [0.3, 0.4) is 0 Å². The van der Waals surface area contributed by atoms with Gasteiger partial charge in [-0.3, -0.25) is 5.41 Å². The first-order chi connectivity index (χ1) is 4.66. The molecular weight excluding hydrogens is 128 g/mol. The van der Waals surface area contributed by atoms with Gasteiger partial charge in [0.15, 0.2) is 0 Å². The van der Waals surface area contributed by atoms with Crippen molar-refractivity contribution in [2.75, 3.05) is 0 Å². The lowest BCUT2D eigenvalue weighted by Crippen LogP contribution is -2.03. The second-order valence-corrected chi connectivity index (χ2v) is 2.26. The summed E-state index contributed by atoms with van der Waals surface area (Å²) in [6.45, 7) is 3.64. The largest absolute Gasteiger partial charge is 0.470 e. The van der Waals surface area contributed by atoms with Crippen LogP contribution in [0, 0.1) is 16.7 Å². The van der Waals surface area contributed by atoms with Crippen LogP contribution in [0.25, 0.3) is 0 Å². The molecule has 0 bridgehead atoms. The summed E-state index contributed by atoms with van der Waals surface area (Å²) < 4.78 is 4.96. The minimum Gasteiger partial charge on any atom is -0.470 e. The number of nitriles is 1. The Kier molecular flexibility index (Phi) is 1.46. The van der Waals surface area contributed by atoms with E-state index >= 15 is 0 Å². The minimum absolute atomic E-state index is 0.00694. The van der Waals surface area contributed by atoms with Gasteiger partial charge in [-0.2, -0.15) is 5.26 Å². The molecule has 0 saturated carbocycles. The second kappa shape index (κ2) is 2.14. The summed E-state index contributed by atoms with van der Waals surface area (Å²) in [5, 5.41) is 15.7. The maximum atomic E-state index is 8.50. The van der Waals surface area contributed by atoms with Gasteiger partial charge in [0.1, 0.15) is 17.7 Å². The standard InChI is InChI=1S/C7H8N2O/c1-4-5(2)10-7(9)6(4)3-8/h5,9H,1-2H3. The van der Waals surface area contributed by atoms with Gasteiger partial charge >= 0.3 is 0 Å². The zero-order chi connectivity index (χ0) is 7.72. The van der Waals surface area contributed by atoms with Crippen LogP contribution in [0.2, 0.25) is 0 Å². The van der Waals surface area contributed by atoms with Crippen molar-refractivity contribution in [2.24, 2.45) is 0 Å². The molecule has 3 nitrogen and oxygen atoms in total. The van der Waals surface area contributed by atoms with Crippen molar-refractivity contribution >= 4 is 5.90 Å². The van der Waals surface area contributed by atoms with Gasteiger partial charge in [0.05, 0.1) is 0 Å². The van der Waals surface area contributed by atoms with Gasteiger partial charge in [-0.05, 0) is 19.4 Å². The Morgan fingerprint density at radius 1 is 1.70 bits per heavy atom. The van der Waals surface area contributed by atoms with Crippen molar-refractivity contribution in [3.63, 3.8) is 0 Å². The lowest BCUT2D eigenvalue weighted by atomic mass is 10.1. The first-order valence-corrected chi connectivity index (χ1v) is 3.03. The molecule has 0 aromatic carbocycles. The molecule has 52 valence electrons. The van der Waals surface area contributed by atoms with Gasteiger partial charge < -0.3 is 4.74 Å². The van der Waals surface area contributed by atoms with Crippen LogP contribution in [0.1, 0.15) is 13.8 Å². The van der Waals surface area contributed by atoms with Crippen LogP contribution in [-0.2, 0) is 4.74 Å². The van der Waals surface area contributed by atoms with Gasteiger partial charge in [0.25, 0.3) is 0 Å². The predicted octanol–water partition coefficient (Wildman–Crippen LogP) is 1.22. The van der Waals surface area contributed by atoms with Crippen LogP contribution in [0.5, 0.6) is 0 Å². The molecule has 3 heteroatoms. The molecule has 0 aromatic heterocycles. The zero-order valence-electron chi connectivity index (χ0n) is 5.93. The van der Waals surface area contributed by atoms with E-state index < -0.39 is 0 Å².